The predicted molar refractivity (Wildman–Crippen MR) is 54.9 cm³/mol. The molecule has 1 saturated heterocycles. The molecule has 0 aromatic rings. The van der Waals surface area contributed by atoms with Gasteiger partial charge in [0.25, 0.3) is 5.91 Å². The Labute approximate surface area is 98.0 Å². The van der Waals surface area contributed by atoms with Crippen LogP contribution in [0.5, 0.6) is 0 Å². The second-order valence-electron chi connectivity index (χ2n) is 4.53. The van der Waals surface area contributed by atoms with E-state index in [1.165, 1.54) is 0 Å². The first-order valence-electron chi connectivity index (χ1n) is 5.65. The summed E-state index contributed by atoms with van der Waals surface area (Å²) >= 11 is 0. The number of aliphatic hydroxyl groups is 4. The number of aliphatic hydroxyl groups excluding tert-OH is 4. The lowest BCUT2D eigenvalue weighted by Crippen LogP contribution is -2.62. The van der Waals surface area contributed by atoms with E-state index in [1.54, 1.807) is 0 Å². The summed E-state index contributed by atoms with van der Waals surface area (Å²) in [5.74, 6) is -0.524. The molecule has 2 aliphatic rings. The van der Waals surface area contributed by atoms with E-state index < -0.39 is 43.0 Å². The molecule has 0 bridgehead atoms. The van der Waals surface area contributed by atoms with Gasteiger partial charge in [-0.25, -0.2) is 0 Å². The zero-order valence-electron chi connectivity index (χ0n) is 9.19. The third-order valence-corrected chi connectivity index (χ3v) is 3.07. The van der Waals surface area contributed by atoms with Crippen LogP contribution >= 0.6 is 0 Å². The van der Waals surface area contributed by atoms with Gasteiger partial charge in [0.2, 0.25) is 0 Å². The van der Waals surface area contributed by atoms with E-state index in [9.17, 15) is 20.1 Å². The van der Waals surface area contributed by atoms with Crippen molar-refractivity contribution in [3.63, 3.8) is 0 Å². The van der Waals surface area contributed by atoms with Crippen LogP contribution in [0.15, 0.2) is 0 Å². The second-order valence-corrected chi connectivity index (χ2v) is 4.53. The average molecular weight is 247 g/mol. The Morgan fingerprint density at radius 1 is 1.18 bits per heavy atom. The molecule has 5 unspecified atom stereocenters. The minimum Gasteiger partial charge on any atom is -0.394 e. The van der Waals surface area contributed by atoms with Crippen LogP contribution in [0.1, 0.15) is 12.8 Å². The van der Waals surface area contributed by atoms with Gasteiger partial charge in [0.05, 0.1) is 6.61 Å². The lowest BCUT2D eigenvalue weighted by atomic mass is 9.95. The summed E-state index contributed by atoms with van der Waals surface area (Å²) in [7, 11) is 0. The van der Waals surface area contributed by atoms with Crippen molar-refractivity contribution in [2.75, 3.05) is 6.61 Å². The van der Waals surface area contributed by atoms with E-state index in [0.717, 1.165) is 12.8 Å². The molecule has 0 aromatic carbocycles. The maximum atomic E-state index is 11.7. The van der Waals surface area contributed by atoms with Crippen LogP contribution in [-0.4, -0.2) is 69.5 Å². The number of hydrogen-bond donors (Lipinski definition) is 5. The van der Waals surface area contributed by atoms with Crippen LogP contribution < -0.4 is 5.32 Å². The Balaban J connectivity index is 2.01. The average Bonchev–Trinajstić information content (AvgIpc) is 3.10. The highest BCUT2D eigenvalue weighted by Crippen LogP contribution is 2.23. The molecule has 17 heavy (non-hydrogen) atoms. The van der Waals surface area contributed by atoms with E-state index in [1.807, 2.05) is 0 Å². The Kier molecular flexibility index (Phi) is 3.64. The van der Waals surface area contributed by atoms with Gasteiger partial charge in [-0.2, -0.15) is 0 Å². The number of carbonyl (C=O) groups is 1. The molecule has 1 heterocycles. The summed E-state index contributed by atoms with van der Waals surface area (Å²) in [5.41, 5.74) is 0. The maximum Gasteiger partial charge on any atom is 0.252 e. The number of ether oxygens (including phenoxy) is 1. The van der Waals surface area contributed by atoms with Crippen molar-refractivity contribution < 1.29 is 30.0 Å². The Morgan fingerprint density at radius 2 is 1.82 bits per heavy atom. The van der Waals surface area contributed by atoms with Crippen molar-refractivity contribution in [2.45, 2.75) is 49.4 Å². The first-order valence-corrected chi connectivity index (χ1v) is 5.65. The highest BCUT2D eigenvalue weighted by atomic mass is 16.5. The SMILES string of the molecule is O=C(NC1CC1)C1OC(CO)C(O)C(O)C1O. The molecular formula is C10H17NO6. The topological polar surface area (TPSA) is 119 Å². The number of amides is 1. The van der Waals surface area contributed by atoms with Crippen LogP contribution in [0.2, 0.25) is 0 Å². The Bertz CT molecular complexity index is 293. The summed E-state index contributed by atoms with van der Waals surface area (Å²) in [6, 6.07) is 0.106. The molecule has 1 aliphatic carbocycles. The highest BCUT2D eigenvalue weighted by molar-refractivity contribution is 5.82. The minimum absolute atomic E-state index is 0.106. The van der Waals surface area contributed by atoms with Crippen molar-refractivity contribution in [1.82, 2.24) is 5.32 Å². The van der Waals surface area contributed by atoms with Crippen LogP contribution in [0.25, 0.3) is 0 Å². The summed E-state index contributed by atoms with van der Waals surface area (Å²) in [5, 5.41) is 40.3. The fourth-order valence-corrected chi connectivity index (χ4v) is 1.83. The van der Waals surface area contributed by atoms with Crippen LogP contribution in [0.4, 0.5) is 0 Å². The zero-order chi connectivity index (χ0) is 12.6. The fourth-order valence-electron chi connectivity index (χ4n) is 1.83. The van der Waals surface area contributed by atoms with Crippen molar-refractivity contribution in [3.8, 4) is 0 Å². The molecule has 98 valence electrons. The van der Waals surface area contributed by atoms with Crippen molar-refractivity contribution in [3.05, 3.63) is 0 Å². The molecule has 7 heteroatoms. The number of rotatable bonds is 3. The summed E-state index contributed by atoms with van der Waals surface area (Å²) in [4.78, 5) is 11.7. The van der Waals surface area contributed by atoms with Crippen LogP contribution in [0.3, 0.4) is 0 Å². The van der Waals surface area contributed by atoms with Gasteiger partial charge in [0.15, 0.2) is 6.10 Å². The molecule has 7 nitrogen and oxygen atoms in total. The van der Waals surface area contributed by atoms with Gasteiger partial charge in [-0.3, -0.25) is 4.79 Å². The third-order valence-electron chi connectivity index (χ3n) is 3.07. The molecule has 5 atom stereocenters. The lowest BCUT2D eigenvalue weighted by molar-refractivity contribution is -0.226. The first kappa shape index (κ1) is 12.7. The van der Waals surface area contributed by atoms with E-state index in [2.05, 4.69) is 5.32 Å². The normalized spacial score (nSPS) is 42.2. The van der Waals surface area contributed by atoms with Gasteiger partial charge in [-0.05, 0) is 12.8 Å². The van der Waals surface area contributed by atoms with Gasteiger partial charge < -0.3 is 30.5 Å². The summed E-state index contributed by atoms with van der Waals surface area (Å²) in [6.07, 6.45) is -4.94. The van der Waals surface area contributed by atoms with Crippen LogP contribution in [0, 0.1) is 0 Å². The molecular weight excluding hydrogens is 230 g/mol. The predicted octanol–water partition coefficient (Wildman–Crippen LogP) is -2.89. The van der Waals surface area contributed by atoms with Gasteiger partial charge >= 0.3 is 0 Å². The monoisotopic (exact) mass is 247 g/mol. The van der Waals surface area contributed by atoms with Gasteiger partial charge in [-0.1, -0.05) is 0 Å². The van der Waals surface area contributed by atoms with Gasteiger partial charge in [0.1, 0.15) is 24.4 Å². The smallest absolute Gasteiger partial charge is 0.252 e. The first-order chi connectivity index (χ1) is 8.04. The largest absolute Gasteiger partial charge is 0.394 e. The van der Waals surface area contributed by atoms with Gasteiger partial charge in [-0.15, -0.1) is 0 Å². The van der Waals surface area contributed by atoms with E-state index in [-0.39, 0.29) is 6.04 Å². The molecule has 0 spiro atoms. The Hall–Kier alpha value is -0.730. The van der Waals surface area contributed by atoms with Crippen molar-refractivity contribution in [1.29, 1.82) is 0 Å². The van der Waals surface area contributed by atoms with Crippen molar-refractivity contribution >= 4 is 5.91 Å². The van der Waals surface area contributed by atoms with Gasteiger partial charge in [0, 0.05) is 6.04 Å². The number of hydrogen-bond acceptors (Lipinski definition) is 6. The minimum atomic E-state index is -1.50. The molecule has 5 N–H and O–H groups in total. The highest BCUT2D eigenvalue weighted by Gasteiger charge is 2.47. The summed E-state index contributed by atoms with van der Waals surface area (Å²) < 4.78 is 5.10. The number of carbonyl (C=O) groups excluding carboxylic acids is 1. The molecule has 1 saturated carbocycles. The lowest BCUT2D eigenvalue weighted by Gasteiger charge is -2.39. The third kappa shape index (κ3) is 2.58. The molecule has 2 fully saturated rings. The maximum absolute atomic E-state index is 11.7. The second kappa shape index (κ2) is 4.87. The standard InChI is InChI=1S/C10H17NO6/c12-3-5-6(13)7(14)8(15)9(17-5)10(16)11-4-1-2-4/h4-9,12-15H,1-3H2,(H,11,16). The molecule has 2 rings (SSSR count). The van der Waals surface area contributed by atoms with Crippen molar-refractivity contribution in [2.24, 2.45) is 0 Å². The van der Waals surface area contributed by atoms with Crippen LogP contribution in [-0.2, 0) is 9.53 Å². The van der Waals surface area contributed by atoms with E-state index in [4.69, 9.17) is 9.84 Å². The van der Waals surface area contributed by atoms with E-state index in [0.29, 0.717) is 0 Å². The number of nitrogens with one attached hydrogen (secondary N) is 1. The summed E-state index contributed by atoms with van der Waals surface area (Å²) in [6.45, 7) is -0.530. The van der Waals surface area contributed by atoms with E-state index >= 15 is 0 Å². The Morgan fingerprint density at radius 3 is 2.35 bits per heavy atom. The molecule has 0 aromatic heterocycles. The molecule has 1 amide bonds. The quantitative estimate of drug-likeness (QED) is 0.365. The fraction of sp³-hybridized carbons (Fsp3) is 0.900. The zero-order valence-corrected chi connectivity index (χ0v) is 9.19. The molecule has 1 aliphatic heterocycles. The molecule has 0 radical (unpaired) electrons.